The second-order valence-corrected chi connectivity index (χ2v) is 4.53. The molecule has 0 amide bonds. The highest BCUT2D eigenvalue weighted by atomic mass is 16.5. The molecule has 18 heavy (non-hydrogen) atoms. The van der Waals surface area contributed by atoms with Gasteiger partial charge >= 0.3 is 5.69 Å². The smallest absolute Gasteiger partial charge is 0.329 e. The average molecular weight is 255 g/mol. The van der Waals surface area contributed by atoms with E-state index in [-0.39, 0.29) is 5.56 Å². The first kappa shape index (κ1) is 12.8. The van der Waals surface area contributed by atoms with Gasteiger partial charge in [0, 0.05) is 14.1 Å². The van der Waals surface area contributed by atoms with Gasteiger partial charge in [-0.3, -0.25) is 9.36 Å². The van der Waals surface area contributed by atoms with E-state index in [4.69, 9.17) is 4.74 Å². The molecule has 1 aliphatic rings. The molecule has 0 aromatic carbocycles. The SMILES string of the molecule is Cn1c([O-])c(C[NH+]2CCOCC2)c(=O)n(C)c1=O. The van der Waals surface area contributed by atoms with E-state index in [0.717, 1.165) is 27.1 Å². The maximum Gasteiger partial charge on any atom is 0.329 e. The minimum atomic E-state index is -0.578. The van der Waals surface area contributed by atoms with E-state index >= 15 is 0 Å². The van der Waals surface area contributed by atoms with Crippen molar-refractivity contribution in [3.05, 3.63) is 26.4 Å². The van der Waals surface area contributed by atoms with Crippen LogP contribution in [0.1, 0.15) is 5.56 Å². The normalized spacial score (nSPS) is 17.0. The molecular weight excluding hydrogens is 238 g/mol. The van der Waals surface area contributed by atoms with Crippen molar-refractivity contribution in [1.29, 1.82) is 0 Å². The zero-order valence-corrected chi connectivity index (χ0v) is 10.6. The minimum absolute atomic E-state index is 0.177. The van der Waals surface area contributed by atoms with Gasteiger partial charge in [-0.25, -0.2) is 4.79 Å². The third-order valence-corrected chi connectivity index (χ3v) is 3.33. The molecule has 0 spiro atoms. The summed E-state index contributed by atoms with van der Waals surface area (Å²) >= 11 is 0. The molecule has 2 heterocycles. The van der Waals surface area contributed by atoms with Gasteiger partial charge in [-0.1, -0.05) is 0 Å². The largest absolute Gasteiger partial charge is 0.859 e. The van der Waals surface area contributed by atoms with Crippen molar-refractivity contribution < 1.29 is 14.7 Å². The molecule has 0 radical (unpaired) electrons. The van der Waals surface area contributed by atoms with Crippen molar-refractivity contribution in [1.82, 2.24) is 9.13 Å². The quantitative estimate of drug-likeness (QED) is 0.596. The summed E-state index contributed by atoms with van der Waals surface area (Å²) in [6.07, 6.45) is 0. The Morgan fingerprint density at radius 1 is 1.22 bits per heavy atom. The first-order chi connectivity index (χ1) is 8.52. The fraction of sp³-hybridized carbons (Fsp3) is 0.636. The minimum Gasteiger partial charge on any atom is -0.859 e. The molecule has 0 saturated carbocycles. The molecule has 0 bridgehead atoms. The summed E-state index contributed by atoms with van der Waals surface area (Å²) in [5, 5.41) is 11.9. The lowest BCUT2D eigenvalue weighted by Gasteiger charge is -2.26. The molecule has 7 nitrogen and oxygen atoms in total. The van der Waals surface area contributed by atoms with Crippen molar-refractivity contribution >= 4 is 0 Å². The monoisotopic (exact) mass is 255 g/mol. The third-order valence-electron chi connectivity index (χ3n) is 3.33. The number of hydrogen-bond acceptors (Lipinski definition) is 4. The molecule has 1 aliphatic heterocycles. The van der Waals surface area contributed by atoms with Crippen LogP contribution in [0.5, 0.6) is 5.88 Å². The van der Waals surface area contributed by atoms with Crippen molar-refractivity contribution in [2.24, 2.45) is 14.1 Å². The van der Waals surface area contributed by atoms with Crippen LogP contribution in [-0.2, 0) is 25.4 Å². The number of hydrogen-bond donors (Lipinski definition) is 1. The van der Waals surface area contributed by atoms with Gasteiger partial charge in [0.05, 0.1) is 18.8 Å². The fourth-order valence-electron chi connectivity index (χ4n) is 2.13. The summed E-state index contributed by atoms with van der Waals surface area (Å²) in [7, 11) is 2.78. The Hall–Kier alpha value is -1.60. The zero-order valence-electron chi connectivity index (χ0n) is 10.6. The number of nitrogens with one attached hydrogen (secondary N) is 1. The highest BCUT2D eigenvalue weighted by Gasteiger charge is 2.18. The molecular formula is C11H17N3O4. The van der Waals surface area contributed by atoms with E-state index in [2.05, 4.69) is 0 Å². The van der Waals surface area contributed by atoms with E-state index in [0.29, 0.717) is 19.8 Å². The molecule has 1 aromatic heterocycles. The van der Waals surface area contributed by atoms with Crippen LogP contribution in [0.15, 0.2) is 9.59 Å². The summed E-state index contributed by atoms with van der Waals surface area (Å²) in [4.78, 5) is 24.6. The number of quaternary nitrogens is 1. The average Bonchev–Trinajstić information content (AvgIpc) is 2.40. The van der Waals surface area contributed by atoms with Crippen molar-refractivity contribution in [3.63, 3.8) is 0 Å². The standard InChI is InChI=1S/C11H17N3O4/c1-12-9(15)8(10(16)13(2)11(12)17)7-14-3-5-18-6-4-14/h15H,3-7H2,1-2H3. The fourth-order valence-corrected chi connectivity index (χ4v) is 2.13. The van der Waals surface area contributed by atoms with Crippen LogP contribution in [0.25, 0.3) is 0 Å². The summed E-state index contributed by atoms with van der Waals surface area (Å²) < 4.78 is 7.19. The maximum atomic E-state index is 11.9. The molecule has 1 aromatic rings. The first-order valence-corrected chi connectivity index (χ1v) is 5.89. The predicted molar refractivity (Wildman–Crippen MR) is 61.6 cm³/mol. The third kappa shape index (κ3) is 2.19. The number of rotatable bonds is 2. The van der Waals surface area contributed by atoms with Crippen molar-refractivity contribution in [3.8, 4) is 5.88 Å². The number of nitrogens with zero attached hydrogens (tertiary/aromatic N) is 2. The topological polar surface area (TPSA) is 80.7 Å². The van der Waals surface area contributed by atoms with Gasteiger partial charge in [0.2, 0.25) is 0 Å². The second-order valence-electron chi connectivity index (χ2n) is 4.53. The highest BCUT2D eigenvalue weighted by Crippen LogP contribution is 2.02. The molecule has 0 aliphatic carbocycles. The van der Waals surface area contributed by atoms with Crippen LogP contribution in [0.2, 0.25) is 0 Å². The van der Waals surface area contributed by atoms with E-state index in [1.54, 1.807) is 0 Å². The Morgan fingerprint density at radius 3 is 2.44 bits per heavy atom. The lowest BCUT2D eigenvalue weighted by atomic mass is 10.2. The van der Waals surface area contributed by atoms with E-state index in [9.17, 15) is 14.7 Å². The first-order valence-electron chi connectivity index (χ1n) is 5.89. The summed E-state index contributed by atoms with van der Waals surface area (Å²) in [6.45, 7) is 3.16. The summed E-state index contributed by atoms with van der Waals surface area (Å²) in [5.74, 6) is -0.484. The molecule has 0 unspecified atom stereocenters. The van der Waals surface area contributed by atoms with Gasteiger partial charge in [-0.2, -0.15) is 0 Å². The Morgan fingerprint density at radius 2 is 1.83 bits per heavy atom. The van der Waals surface area contributed by atoms with Crippen LogP contribution in [0, 0.1) is 0 Å². The van der Waals surface area contributed by atoms with Gasteiger partial charge in [0.15, 0.2) is 0 Å². The van der Waals surface area contributed by atoms with Crippen molar-refractivity contribution in [2.45, 2.75) is 6.54 Å². The maximum absolute atomic E-state index is 11.9. The predicted octanol–water partition coefficient (Wildman–Crippen LogP) is -3.43. The Labute approximate surface area is 104 Å². The molecule has 7 heteroatoms. The Balaban J connectivity index is 2.38. The summed E-state index contributed by atoms with van der Waals surface area (Å²) in [5.41, 5.74) is -0.885. The van der Waals surface area contributed by atoms with Crippen LogP contribution < -0.4 is 21.3 Å². The zero-order chi connectivity index (χ0) is 13.3. The van der Waals surface area contributed by atoms with Crippen molar-refractivity contribution in [2.75, 3.05) is 26.3 Å². The van der Waals surface area contributed by atoms with Gasteiger partial charge in [0.25, 0.3) is 5.56 Å². The van der Waals surface area contributed by atoms with Gasteiger partial charge < -0.3 is 19.3 Å². The molecule has 100 valence electrons. The molecule has 1 fully saturated rings. The van der Waals surface area contributed by atoms with Crippen LogP contribution in [-0.4, -0.2) is 35.4 Å². The van der Waals surface area contributed by atoms with Crippen LogP contribution in [0.3, 0.4) is 0 Å². The van der Waals surface area contributed by atoms with Gasteiger partial charge in [-0.05, 0) is 5.88 Å². The summed E-state index contributed by atoms with van der Waals surface area (Å²) in [6, 6.07) is 0. The molecule has 0 atom stereocenters. The van der Waals surface area contributed by atoms with E-state index in [1.165, 1.54) is 14.1 Å². The lowest BCUT2D eigenvalue weighted by Crippen LogP contribution is -3.13. The van der Waals surface area contributed by atoms with Gasteiger partial charge in [0.1, 0.15) is 19.6 Å². The lowest BCUT2D eigenvalue weighted by molar-refractivity contribution is -0.921. The van der Waals surface area contributed by atoms with E-state index < -0.39 is 17.1 Å². The van der Waals surface area contributed by atoms with Gasteiger partial charge in [-0.15, -0.1) is 0 Å². The highest BCUT2D eigenvalue weighted by molar-refractivity contribution is 5.20. The van der Waals surface area contributed by atoms with Crippen LogP contribution >= 0.6 is 0 Å². The Kier molecular flexibility index (Phi) is 3.53. The molecule has 2 rings (SSSR count). The number of morpholine rings is 1. The number of ether oxygens (including phenoxy) is 1. The second kappa shape index (κ2) is 4.95. The number of aromatic nitrogens is 2. The van der Waals surface area contributed by atoms with E-state index in [1.807, 2.05) is 0 Å². The Bertz CT molecular complexity index is 555. The molecule has 1 saturated heterocycles. The molecule has 1 N–H and O–H groups in total. The van der Waals surface area contributed by atoms with Crippen LogP contribution in [0.4, 0.5) is 0 Å².